The van der Waals surface area contributed by atoms with E-state index in [4.69, 9.17) is 0 Å². The van der Waals surface area contributed by atoms with E-state index in [0.29, 0.717) is 0 Å². The lowest BCUT2D eigenvalue weighted by atomic mass is 9.94. The van der Waals surface area contributed by atoms with Crippen LogP contribution in [0.15, 0.2) is 115 Å². The van der Waals surface area contributed by atoms with Crippen molar-refractivity contribution in [2.24, 2.45) is 0 Å². The molecule has 0 amide bonds. The molecule has 0 unspecified atom stereocenters. The number of para-hydroxylation sites is 1. The van der Waals surface area contributed by atoms with Crippen molar-refractivity contribution in [3.63, 3.8) is 0 Å². The summed E-state index contributed by atoms with van der Waals surface area (Å²) in [7, 11) is 0. The molecule has 0 bridgehead atoms. The van der Waals surface area contributed by atoms with Crippen LogP contribution in [-0.2, 0) is 0 Å². The maximum Gasteiger partial charge on any atom is 0.0547 e. The highest BCUT2D eigenvalue weighted by Crippen LogP contribution is 2.43. The van der Waals surface area contributed by atoms with Gasteiger partial charge in [0.1, 0.15) is 0 Å². The molecule has 0 radical (unpaired) electrons. The number of rotatable bonds is 2. The van der Waals surface area contributed by atoms with Gasteiger partial charge in [-0.25, -0.2) is 0 Å². The van der Waals surface area contributed by atoms with E-state index in [1.165, 1.54) is 69.6 Å². The molecule has 0 N–H and O–H groups in total. The predicted molar refractivity (Wildman–Crippen MR) is 148 cm³/mol. The normalized spacial score (nSPS) is 12.1. The van der Waals surface area contributed by atoms with E-state index in [9.17, 15) is 0 Å². The summed E-state index contributed by atoms with van der Waals surface area (Å²) in [5, 5.41) is 8.00. The Hall–Kier alpha value is -4.14. The standard InChI is InChI=1S/C32H19NS/c1-2-8-22(9-3-1)33-27-11-6-7-20-13-15-25-23(16-17-28(33)32(25)31(20)27)21-14-18-30-26(19-21)24-10-4-5-12-29(24)34-30/h1-19H. The number of nitrogens with zero attached hydrogens (tertiary/aromatic N) is 1. The average molecular weight is 450 g/mol. The molecule has 2 heteroatoms. The molecular weight excluding hydrogens is 430 g/mol. The van der Waals surface area contributed by atoms with Gasteiger partial charge in [0.05, 0.1) is 11.0 Å². The second-order valence-corrected chi connectivity index (χ2v) is 10.1. The summed E-state index contributed by atoms with van der Waals surface area (Å²) in [6, 6.07) is 42.2. The molecule has 0 saturated carbocycles. The third kappa shape index (κ3) is 2.38. The van der Waals surface area contributed by atoms with Crippen molar-refractivity contribution in [2.45, 2.75) is 0 Å². The van der Waals surface area contributed by atoms with E-state index in [1.807, 2.05) is 11.3 Å². The van der Waals surface area contributed by atoms with Gasteiger partial charge < -0.3 is 4.57 Å². The molecule has 2 heterocycles. The molecule has 158 valence electrons. The molecule has 8 rings (SSSR count). The summed E-state index contributed by atoms with van der Waals surface area (Å²) in [6.45, 7) is 0. The van der Waals surface area contributed by atoms with E-state index in [2.05, 4.69) is 120 Å². The summed E-state index contributed by atoms with van der Waals surface area (Å²) in [5.74, 6) is 0. The van der Waals surface area contributed by atoms with Crippen molar-refractivity contribution in [1.82, 2.24) is 4.57 Å². The monoisotopic (exact) mass is 449 g/mol. The molecule has 2 aromatic heterocycles. The number of fused-ring (bicyclic) bond motifs is 3. The Labute approximate surface area is 200 Å². The van der Waals surface area contributed by atoms with Gasteiger partial charge in [-0.05, 0) is 64.4 Å². The molecular formula is C32H19NS. The zero-order valence-electron chi connectivity index (χ0n) is 18.3. The Bertz CT molecular complexity index is 2010. The Kier molecular flexibility index (Phi) is 3.60. The number of aromatic nitrogens is 1. The lowest BCUT2D eigenvalue weighted by Gasteiger charge is -2.10. The van der Waals surface area contributed by atoms with Gasteiger partial charge in [-0.2, -0.15) is 0 Å². The molecule has 34 heavy (non-hydrogen) atoms. The van der Waals surface area contributed by atoms with Gasteiger partial charge in [-0.1, -0.05) is 72.8 Å². The number of hydrogen-bond donors (Lipinski definition) is 0. The fraction of sp³-hybridized carbons (Fsp3) is 0. The number of thiophene rings is 1. The van der Waals surface area contributed by atoms with E-state index in [0.717, 1.165) is 0 Å². The number of hydrogen-bond acceptors (Lipinski definition) is 1. The van der Waals surface area contributed by atoms with Crippen molar-refractivity contribution in [1.29, 1.82) is 0 Å². The van der Waals surface area contributed by atoms with Gasteiger partial charge in [-0.3, -0.25) is 0 Å². The molecule has 0 aliphatic carbocycles. The maximum atomic E-state index is 2.41. The van der Waals surface area contributed by atoms with Crippen molar-refractivity contribution in [2.75, 3.05) is 0 Å². The Morgan fingerprint density at radius 3 is 2.26 bits per heavy atom. The van der Waals surface area contributed by atoms with Crippen LogP contribution in [0.1, 0.15) is 0 Å². The van der Waals surface area contributed by atoms with Gasteiger partial charge in [0.15, 0.2) is 0 Å². The topological polar surface area (TPSA) is 4.93 Å². The third-order valence-electron chi connectivity index (χ3n) is 7.16. The van der Waals surface area contributed by atoms with Crippen LogP contribution in [0.4, 0.5) is 0 Å². The highest BCUT2D eigenvalue weighted by Gasteiger charge is 2.18. The first-order valence-corrected chi connectivity index (χ1v) is 12.4. The summed E-state index contributed by atoms with van der Waals surface area (Å²) >= 11 is 1.87. The molecule has 8 aromatic rings. The van der Waals surface area contributed by atoms with E-state index >= 15 is 0 Å². The molecule has 0 spiro atoms. The van der Waals surface area contributed by atoms with Crippen molar-refractivity contribution >= 4 is 64.1 Å². The first-order chi connectivity index (χ1) is 16.9. The summed E-state index contributed by atoms with van der Waals surface area (Å²) in [4.78, 5) is 0. The zero-order valence-corrected chi connectivity index (χ0v) is 19.1. The fourth-order valence-corrected chi connectivity index (χ4v) is 6.78. The van der Waals surface area contributed by atoms with Crippen LogP contribution in [0.25, 0.3) is 69.6 Å². The second kappa shape index (κ2) is 6.69. The molecule has 6 aromatic carbocycles. The highest BCUT2D eigenvalue weighted by molar-refractivity contribution is 7.25. The smallest absolute Gasteiger partial charge is 0.0547 e. The maximum absolute atomic E-state index is 2.41. The van der Waals surface area contributed by atoms with Gasteiger partial charge in [-0.15, -0.1) is 11.3 Å². The van der Waals surface area contributed by atoms with Gasteiger partial charge in [0, 0.05) is 36.6 Å². The lowest BCUT2D eigenvalue weighted by Crippen LogP contribution is -1.92. The van der Waals surface area contributed by atoms with Crippen molar-refractivity contribution < 1.29 is 0 Å². The first kappa shape index (κ1) is 18.3. The molecule has 0 aliphatic heterocycles. The molecule has 1 nitrogen and oxygen atoms in total. The fourth-order valence-electron chi connectivity index (χ4n) is 5.69. The first-order valence-electron chi connectivity index (χ1n) is 11.6. The second-order valence-electron chi connectivity index (χ2n) is 8.98. The summed E-state index contributed by atoms with van der Waals surface area (Å²) in [6.07, 6.45) is 0. The Morgan fingerprint density at radius 2 is 1.32 bits per heavy atom. The molecule has 0 saturated heterocycles. The lowest BCUT2D eigenvalue weighted by molar-refractivity contribution is 1.18. The van der Waals surface area contributed by atoms with Crippen molar-refractivity contribution in [3.05, 3.63) is 115 Å². The minimum absolute atomic E-state index is 1.20. The van der Waals surface area contributed by atoms with E-state index in [-0.39, 0.29) is 0 Å². The third-order valence-corrected chi connectivity index (χ3v) is 8.31. The van der Waals surface area contributed by atoms with Crippen LogP contribution in [0, 0.1) is 0 Å². The molecule has 0 atom stereocenters. The van der Waals surface area contributed by atoms with Gasteiger partial charge in [0.25, 0.3) is 0 Å². The molecule has 0 aliphatic rings. The van der Waals surface area contributed by atoms with Crippen LogP contribution in [-0.4, -0.2) is 4.57 Å². The van der Waals surface area contributed by atoms with E-state index in [1.54, 1.807) is 0 Å². The summed E-state index contributed by atoms with van der Waals surface area (Å²) < 4.78 is 5.10. The predicted octanol–water partition coefficient (Wildman–Crippen LogP) is 9.41. The van der Waals surface area contributed by atoms with Crippen molar-refractivity contribution in [3.8, 4) is 16.8 Å². The van der Waals surface area contributed by atoms with Gasteiger partial charge >= 0.3 is 0 Å². The minimum Gasteiger partial charge on any atom is -0.309 e. The Balaban J connectivity index is 1.48. The minimum atomic E-state index is 1.20. The summed E-state index contributed by atoms with van der Waals surface area (Å²) in [5.41, 5.74) is 6.30. The van der Waals surface area contributed by atoms with Crippen LogP contribution in [0.3, 0.4) is 0 Å². The van der Waals surface area contributed by atoms with E-state index < -0.39 is 0 Å². The quantitative estimate of drug-likeness (QED) is 0.232. The average Bonchev–Trinajstić information content (AvgIpc) is 3.44. The number of benzene rings is 6. The Morgan fingerprint density at radius 1 is 0.500 bits per heavy atom. The van der Waals surface area contributed by atoms with Crippen LogP contribution in [0.5, 0.6) is 0 Å². The zero-order chi connectivity index (χ0) is 22.2. The van der Waals surface area contributed by atoms with Gasteiger partial charge in [0.2, 0.25) is 0 Å². The van der Waals surface area contributed by atoms with Crippen LogP contribution >= 0.6 is 11.3 Å². The van der Waals surface area contributed by atoms with Crippen LogP contribution in [0.2, 0.25) is 0 Å². The SMILES string of the molecule is c1ccc(-n2c3cccc4ccc5c(-c6ccc7sc8ccccc8c7c6)ccc2c5c43)cc1. The highest BCUT2D eigenvalue weighted by atomic mass is 32.1. The molecule has 0 fully saturated rings. The van der Waals surface area contributed by atoms with Crippen LogP contribution < -0.4 is 0 Å². The largest absolute Gasteiger partial charge is 0.309 e.